The monoisotopic (exact) mass is 326 g/mol. The van der Waals surface area contributed by atoms with E-state index in [0.29, 0.717) is 12.2 Å². The van der Waals surface area contributed by atoms with Crippen LogP contribution in [0, 0.1) is 9.81 Å². The number of ether oxygens (including phenoxy) is 1. The molecule has 2 aromatic rings. The minimum Gasteiger partial charge on any atom is -0.493 e. The molecule has 0 saturated heterocycles. The molecule has 0 aliphatic rings. The van der Waals surface area contributed by atoms with Crippen LogP contribution in [0.15, 0.2) is 58.9 Å². The van der Waals surface area contributed by atoms with E-state index in [9.17, 15) is 19.4 Å². The third kappa shape index (κ3) is 4.16. The van der Waals surface area contributed by atoms with E-state index in [-0.39, 0.29) is 35.6 Å². The summed E-state index contributed by atoms with van der Waals surface area (Å²) in [5.41, 5.74) is 0.525. The molecule has 2 rings (SSSR count). The van der Waals surface area contributed by atoms with Crippen LogP contribution >= 0.6 is 0 Å². The van der Waals surface area contributed by atoms with Gasteiger partial charge in [0.2, 0.25) is 0 Å². The van der Waals surface area contributed by atoms with Crippen molar-refractivity contribution in [2.45, 2.75) is 12.8 Å². The summed E-state index contributed by atoms with van der Waals surface area (Å²) in [7, 11) is 0. The highest BCUT2D eigenvalue weighted by Crippen LogP contribution is 2.26. The van der Waals surface area contributed by atoms with Gasteiger partial charge >= 0.3 is 0 Å². The van der Waals surface area contributed by atoms with Crippen LogP contribution in [0.3, 0.4) is 0 Å². The van der Waals surface area contributed by atoms with Gasteiger partial charge in [0.25, 0.3) is 5.91 Å². The van der Waals surface area contributed by atoms with Crippen molar-refractivity contribution < 1.29 is 14.3 Å². The number of carbonyl (C=O) groups is 2. The predicted molar refractivity (Wildman–Crippen MR) is 87.3 cm³/mol. The Kier molecular flexibility index (Phi) is 6.01. The fraction of sp³-hybridized carbons (Fsp3) is 0.176. The van der Waals surface area contributed by atoms with Gasteiger partial charge in [-0.1, -0.05) is 24.3 Å². The Hall–Kier alpha value is -3.22. The van der Waals surface area contributed by atoms with Gasteiger partial charge in [0, 0.05) is 11.6 Å². The van der Waals surface area contributed by atoms with Gasteiger partial charge in [0.1, 0.15) is 11.4 Å². The Morgan fingerprint density at radius 1 is 0.917 bits per heavy atom. The van der Waals surface area contributed by atoms with Crippen molar-refractivity contribution in [2.75, 3.05) is 6.61 Å². The third-order valence-electron chi connectivity index (χ3n) is 3.27. The Labute approximate surface area is 137 Å². The summed E-state index contributed by atoms with van der Waals surface area (Å²) in [6.45, 7) is 0.152. The van der Waals surface area contributed by atoms with Gasteiger partial charge in [0.15, 0.2) is 5.78 Å². The number of amides is 1. The lowest BCUT2D eigenvalue weighted by molar-refractivity contribution is -0.118. The Morgan fingerprint density at radius 2 is 1.58 bits per heavy atom. The van der Waals surface area contributed by atoms with Crippen LogP contribution in [0.25, 0.3) is 0 Å². The van der Waals surface area contributed by atoms with Crippen molar-refractivity contribution in [3.8, 4) is 5.75 Å². The SMILES string of the molecule is O=NC(=O)CCCOc1ccccc1C(=O)c1ccccc1N=O. The van der Waals surface area contributed by atoms with Crippen LogP contribution in [0.4, 0.5) is 5.69 Å². The third-order valence-corrected chi connectivity index (χ3v) is 3.27. The molecule has 0 saturated carbocycles. The number of ketones is 1. The van der Waals surface area contributed by atoms with Crippen LogP contribution in [0.1, 0.15) is 28.8 Å². The van der Waals surface area contributed by atoms with Gasteiger partial charge in [-0.15, -0.1) is 9.81 Å². The molecular formula is C17H14N2O5. The topological polar surface area (TPSA) is 102 Å². The second kappa shape index (κ2) is 8.42. The van der Waals surface area contributed by atoms with Crippen LogP contribution < -0.4 is 4.74 Å². The molecule has 24 heavy (non-hydrogen) atoms. The average molecular weight is 326 g/mol. The van der Waals surface area contributed by atoms with E-state index in [0.717, 1.165) is 0 Å². The molecule has 7 nitrogen and oxygen atoms in total. The number of rotatable bonds is 8. The van der Waals surface area contributed by atoms with E-state index < -0.39 is 5.91 Å². The van der Waals surface area contributed by atoms with Gasteiger partial charge in [-0.25, -0.2) is 0 Å². The maximum atomic E-state index is 12.6. The summed E-state index contributed by atoms with van der Waals surface area (Å²) < 4.78 is 5.52. The summed E-state index contributed by atoms with van der Waals surface area (Å²) in [4.78, 5) is 44.3. The second-order valence-electron chi connectivity index (χ2n) is 4.87. The standard InChI is InChI=1S/C17H14N2O5/c20-16(19-23)10-5-11-24-15-9-4-2-7-13(15)17(21)12-6-1-3-8-14(12)18-22/h1-4,6-9H,5,10-11H2. The highest BCUT2D eigenvalue weighted by Gasteiger charge is 2.17. The summed E-state index contributed by atoms with van der Waals surface area (Å²) >= 11 is 0. The van der Waals surface area contributed by atoms with Gasteiger partial charge in [-0.05, 0) is 35.9 Å². The van der Waals surface area contributed by atoms with Gasteiger partial charge in [-0.3, -0.25) is 9.59 Å². The summed E-state index contributed by atoms with van der Waals surface area (Å²) in [5.74, 6) is -0.796. The number of hydrogen-bond acceptors (Lipinski definition) is 6. The molecule has 0 fully saturated rings. The highest BCUT2D eigenvalue weighted by atomic mass is 16.5. The van der Waals surface area contributed by atoms with E-state index in [2.05, 4.69) is 10.4 Å². The average Bonchev–Trinajstić information content (AvgIpc) is 2.64. The zero-order valence-corrected chi connectivity index (χ0v) is 12.7. The number of nitroso groups, excluding NO2 is 2. The lowest BCUT2D eigenvalue weighted by Crippen LogP contribution is -2.07. The first-order chi connectivity index (χ1) is 11.7. The van der Waals surface area contributed by atoms with E-state index in [1.807, 2.05) is 0 Å². The maximum Gasteiger partial charge on any atom is 0.286 e. The first kappa shape index (κ1) is 17.1. The van der Waals surface area contributed by atoms with E-state index in [4.69, 9.17) is 4.74 Å². The highest BCUT2D eigenvalue weighted by molar-refractivity contribution is 6.13. The summed E-state index contributed by atoms with van der Waals surface area (Å²) in [6.07, 6.45) is 0.289. The van der Waals surface area contributed by atoms with Crippen LogP contribution in [0.2, 0.25) is 0 Å². The number of benzene rings is 2. The van der Waals surface area contributed by atoms with E-state index in [1.54, 1.807) is 36.4 Å². The molecule has 0 spiro atoms. The van der Waals surface area contributed by atoms with Crippen molar-refractivity contribution >= 4 is 17.4 Å². The summed E-state index contributed by atoms with van der Waals surface area (Å²) in [6, 6.07) is 12.8. The fourth-order valence-electron chi connectivity index (χ4n) is 2.12. The van der Waals surface area contributed by atoms with E-state index >= 15 is 0 Å². The van der Waals surface area contributed by atoms with Crippen molar-refractivity contribution in [3.05, 3.63) is 69.5 Å². The molecule has 0 N–H and O–H groups in total. The molecule has 0 bridgehead atoms. The normalized spacial score (nSPS) is 10.0. The number of para-hydroxylation sites is 1. The van der Waals surface area contributed by atoms with Crippen LogP contribution in [0.5, 0.6) is 5.75 Å². The zero-order chi connectivity index (χ0) is 17.4. The number of nitrogens with zero attached hydrogens (tertiary/aromatic N) is 2. The molecule has 0 aliphatic carbocycles. The quantitative estimate of drug-likeness (QED) is 0.417. The molecule has 0 aliphatic heterocycles. The Balaban J connectivity index is 2.16. The lowest BCUT2D eigenvalue weighted by Gasteiger charge is -2.11. The maximum absolute atomic E-state index is 12.6. The minimum absolute atomic E-state index is 0.0164. The first-order valence-corrected chi connectivity index (χ1v) is 7.22. The van der Waals surface area contributed by atoms with Crippen LogP contribution in [-0.4, -0.2) is 18.3 Å². The lowest BCUT2D eigenvalue weighted by atomic mass is 10.0. The van der Waals surface area contributed by atoms with Gasteiger partial charge < -0.3 is 4.74 Å². The first-order valence-electron chi connectivity index (χ1n) is 7.22. The smallest absolute Gasteiger partial charge is 0.286 e. The van der Waals surface area contributed by atoms with E-state index in [1.165, 1.54) is 12.1 Å². The molecule has 0 aromatic heterocycles. The number of hydrogen-bond donors (Lipinski definition) is 0. The second-order valence-corrected chi connectivity index (χ2v) is 4.87. The minimum atomic E-state index is -0.742. The number of carbonyl (C=O) groups excluding carboxylic acids is 2. The van der Waals surface area contributed by atoms with Crippen LogP contribution in [-0.2, 0) is 4.79 Å². The predicted octanol–water partition coefficient (Wildman–Crippen LogP) is 3.77. The molecule has 122 valence electrons. The molecule has 0 unspecified atom stereocenters. The fourth-order valence-corrected chi connectivity index (χ4v) is 2.12. The molecule has 7 heteroatoms. The summed E-state index contributed by atoms with van der Waals surface area (Å²) in [5, 5.41) is 5.16. The molecule has 0 radical (unpaired) electrons. The zero-order valence-electron chi connectivity index (χ0n) is 12.7. The molecule has 1 amide bonds. The van der Waals surface area contributed by atoms with Crippen molar-refractivity contribution in [2.24, 2.45) is 10.4 Å². The van der Waals surface area contributed by atoms with Gasteiger partial charge in [-0.2, -0.15) is 0 Å². The molecule has 2 aromatic carbocycles. The Bertz CT molecular complexity index is 773. The molecule has 0 heterocycles. The van der Waals surface area contributed by atoms with Crippen molar-refractivity contribution in [1.82, 2.24) is 0 Å². The molecule has 0 atom stereocenters. The van der Waals surface area contributed by atoms with Crippen molar-refractivity contribution in [3.63, 3.8) is 0 Å². The molecular weight excluding hydrogens is 312 g/mol. The van der Waals surface area contributed by atoms with Crippen molar-refractivity contribution in [1.29, 1.82) is 0 Å². The largest absolute Gasteiger partial charge is 0.493 e. The van der Waals surface area contributed by atoms with Gasteiger partial charge in [0.05, 0.1) is 17.7 Å². The Morgan fingerprint density at radius 3 is 2.29 bits per heavy atom.